The van der Waals surface area contributed by atoms with E-state index in [0.29, 0.717) is 0 Å². The van der Waals surface area contributed by atoms with Crippen LogP contribution in [0.1, 0.15) is 57.8 Å². The van der Waals surface area contributed by atoms with Gasteiger partial charge in [0.15, 0.2) is 0 Å². The number of amides is 2. The molecule has 3 nitrogen and oxygen atoms in total. The Morgan fingerprint density at radius 1 is 1.18 bits per heavy atom. The topological polar surface area (TPSA) is 37.4 Å². The summed E-state index contributed by atoms with van der Waals surface area (Å²) in [4.78, 5) is 24.9. The maximum atomic E-state index is 12.3. The summed E-state index contributed by atoms with van der Waals surface area (Å²) in [5.74, 6) is -0.0356. The van der Waals surface area contributed by atoms with Gasteiger partial charge in [0.25, 0.3) is 5.91 Å². The van der Waals surface area contributed by atoms with Crippen LogP contribution in [0.15, 0.2) is 11.6 Å². The smallest absolute Gasteiger partial charge is 0.256 e. The van der Waals surface area contributed by atoms with Gasteiger partial charge in [0.1, 0.15) is 0 Å². The second-order valence-electron chi connectivity index (χ2n) is 5.08. The van der Waals surface area contributed by atoms with Gasteiger partial charge in [-0.15, -0.1) is 0 Å². The fraction of sp³-hybridized carbons (Fsp3) is 0.714. The number of hydrogen-bond acceptors (Lipinski definition) is 2. The molecule has 17 heavy (non-hydrogen) atoms. The predicted octanol–water partition coefficient (Wildman–Crippen LogP) is 2.80. The van der Waals surface area contributed by atoms with Gasteiger partial charge in [0, 0.05) is 11.6 Å². The van der Waals surface area contributed by atoms with Gasteiger partial charge in [0.05, 0.1) is 0 Å². The molecule has 0 aromatic heterocycles. The van der Waals surface area contributed by atoms with Gasteiger partial charge < -0.3 is 0 Å². The van der Waals surface area contributed by atoms with Crippen molar-refractivity contribution in [3.8, 4) is 0 Å². The van der Waals surface area contributed by atoms with Gasteiger partial charge in [-0.05, 0) is 38.5 Å². The molecule has 3 heteroatoms. The van der Waals surface area contributed by atoms with E-state index in [2.05, 4.69) is 0 Å². The van der Waals surface area contributed by atoms with Crippen LogP contribution in [0.5, 0.6) is 0 Å². The van der Waals surface area contributed by atoms with Gasteiger partial charge in [-0.1, -0.05) is 25.3 Å². The molecular formula is C14H21NO2. The van der Waals surface area contributed by atoms with E-state index in [-0.39, 0.29) is 11.9 Å². The molecule has 94 valence electrons. The van der Waals surface area contributed by atoms with Gasteiger partial charge in [-0.25, -0.2) is 0 Å². The summed E-state index contributed by atoms with van der Waals surface area (Å²) in [6, 6.07) is 0.150. The molecule has 2 rings (SSSR count). The molecule has 0 saturated heterocycles. The highest BCUT2D eigenvalue weighted by Gasteiger charge is 2.27. The third kappa shape index (κ3) is 2.96. The third-order valence-corrected chi connectivity index (χ3v) is 3.88. The molecule has 0 unspecified atom stereocenters. The summed E-state index contributed by atoms with van der Waals surface area (Å²) >= 11 is 0. The summed E-state index contributed by atoms with van der Waals surface area (Å²) in [5, 5.41) is 0. The maximum absolute atomic E-state index is 12.3. The van der Waals surface area contributed by atoms with Crippen LogP contribution in [0.4, 0.5) is 0 Å². The van der Waals surface area contributed by atoms with Crippen molar-refractivity contribution in [2.24, 2.45) is 0 Å². The Kier molecular flexibility index (Phi) is 4.35. The van der Waals surface area contributed by atoms with Crippen molar-refractivity contribution in [2.75, 3.05) is 0 Å². The van der Waals surface area contributed by atoms with Gasteiger partial charge in [-0.3, -0.25) is 14.5 Å². The monoisotopic (exact) mass is 235 g/mol. The number of imide groups is 1. The number of hydrogen-bond donors (Lipinski definition) is 0. The first-order chi connectivity index (χ1) is 8.33. The summed E-state index contributed by atoms with van der Waals surface area (Å²) in [6.45, 7) is 0. The fourth-order valence-electron chi connectivity index (χ4n) is 2.86. The average molecular weight is 235 g/mol. The first-order valence-corrected chi connectivity index (χ1v) is 6.80. The van der Waals surface area contributed by atoms with Crippen LogP contribution >= 0.6 is 0 Å². The lowest BCUT2D eigenvalue weighted by Crippen LogP contribution is -2.41. The Bertz CT molecular complexity index is 316. The Hall–Kier alpha value is -1.12. The van der Waals surface area contributed by atoms with Crippen molar-refractivity contribution in [2.45, 2.75) is 63.8 Å². The molecule has 2 amide bonds. The zero-order valence-corrected chi connectivity index (χ0v) is 10.4. The molecule has 0 spiro atoms. The van der Waals surface area contributed by atoms with Crippen molar-refractivity contribution in [3.63, 3.8) is 0 Å². The molecule has 0 bridgehead atoms. The van der Waals surface area contributed by atoms with E-state index in [1.165, 1.54) is 17.7 Å². The van der Waals surface area contributed by atoms with Gasteiger partial charge in [0.2, 0.25) is 6.41 Å². The van der Waals surface area contributed by atoms with Crippen LogP contribution in [0.25, 0.3) is 0 Å². The highest BCUT2D eigenvalue weighted by Crippen LogP contribution is 2.25. The molecular weight excluding hydrogens is 214 g/mol. The van der Waals surface area contributed by atoms with E-state index >= 15 is 0 Å². The van der Waals surface area contributed by atoms with Gasteiger partial charge in [-0.2, -0.15) is 0 Å². The second-order valence-corrected chi connectivity index (χ2v) is 5.08. The van der Waals surface area contributed by atoms with Crippen LogP contribution in [0, 0.1) is 0 Å². The van der Waals surface area contributed by atoms with E-state index in [9.17, 15) is 9.59 Å². The fourth-order valence-corrected chi connectivity index (χ4v) is 2.86. The minimum Gasteiger partial charge on any atom is -0.278 e. The van der Waals surface area contributed by atoms with Crippen LogP contribution in [0.2, 0.25) is 0 Å². The minimum absolute atomic E-state index is 0.0356. The molecule has 2 aliphatic rings. The second kappa shape index (κ2) is 5.99. The third-order valence-electron chi connectivity index (χ3n) is 3.88. The van der Waals surface area contributed by atoms with E-state index in [1.807, 2.05) is 6.08 Å². The van der Waals surface area contributed by atoms with Crippen molar-refractivity contribution in [1.29, 1.82) is 0 Å². The first-order valence-electron chi connectivity index (χ1n) is 6.80. The minimum atomic E-state index is -0.0356. The Balaban J connectivity index is 2.03. The van der Waals surface area contributed by atoms with Crippen molar-refractivity contribution >= 4 is 12.3 Å². The summed E-state index contributed by atoms with van der Waals surface area (Å²) in [5.41, 5.74) is 0.855. The van der Waals surface area contributed by atoms with Crippen LogP contribution in [0.3, 0.4) is 0 Å². The standard InChI is InChI=1S/C14H21NO2/c16-11-15(13-9-5-2-6-10-13)14(17)12-7-3-1-4-8-12/h7,11,13H,1-6,8-10H2. The molecule has 0 N–H and O–H groups in total. The molecule has 0 aliphatic heterocycles. The molecule has 1 fully saturated rings. The maximum Gasteiger partial charge on any atom is 0.256 e. The van der Waals surface area contributed by atoms with E-state index in [0.717, 1.165) is 56.9 Å². The van der Waals surface area contributed by atoms with E-state index in [4.69, 9.17) is 0 Å². The van der Waals surface area contributed by atoms with Gasteiger partial charge >= 0.3 is 0 Å². The summed E-state index contributed by atoms with van der Waals surface area (Å²) < 4.78 is 0. The molecule has 0 aromatic carbocycles. The first kappa shape index (κ1) is 12.3. The van der Waals surface area contributed by atoms with Crippen LogP contribution < -0.4 is 0 Å². The Morgan fingerprint density at radius 2 is 1.94 bits per heavy atom. The molecule has 0 heterocycles. The molecule has 0 aromatic rings. The number of nitrogens with zero attached hydrogens (tertiary/aromatic N) is 1. The number of allylic oxidation sites excluding steroid dienone is 1. The SMILES string of the molecule is O=CN(C(=O)C1=CCCCC1)C1CCCCC1. The lowest BCUT2D eigenvalue weighted by atomic mass is 9.93. The molecule has 0 radical (unpaired) electrons. The van der Waals surface area contributed by atoms with E-state index < -0.39 is 0 Å². The van der Waals surface area contributed by atoms with Crippen LogP contribution in [-0.2, 0) is 9.59 Å². The van der Waals surface area contributed by atoms with Crippen molar-refractivity contribution in [1.82, 2.24) is 4.90 Å². The normalized spacial score (nSPS) is 21.8. The Labute approximate surface area is 103 Å². The molecule has 0 atom stereocenters. The molecule has 2 aliphatic carbocycles. The average Bonchev–Trinajstić information content (AvgIpc) is 2.42. The summed E-state index contributed by atoms with van der Waals surface area (Å²) in [7, 11) is 0. The number of carbonyl (C=O) groups excluding carboxylic acids is 2. The zero-order valence-electron chi connectivity index (χ0n) is 10.4. The van der Waals surface area contributed by atoms with Crippen molar-refractivity contribution < 1.29 is 9.59 Å². The number of rotatable bonds is 3. The largest absolute Gasteiger partial charge is 0.278 e. The summed E-state index contributed by atoms with van der Waals surface area (Å²) in [6.07, 6.45) is 12.3. The lowest BCUT2D eigenvalue weighted by molar-refractivity contribution is -0.138. The quantitative estimate of drug-likeness (QED) is 0.705. The highest BCUT2D eigenvalue weighted by atomic mass is 16.2. The number of carbonyl (C=O) groups is 2. The van der Waals surface area contributed by atoms with Crippen LogP contribution in [-0.4, -0.2) is 23.3 Å². The Morgan fingerprint density at radius 3 is 2.53 bits per heavy atom. The van der Waals surface area contributed by atoms with Crippen molar-refractivity contribution in [3.05, 3.63) is 11.6 Å². The highest BCUT2D eigenvalue weighted by molar-refractivity contribution is 5.99. The lowest BCUT2D eigenvalue weighted by Gasteiger charge is -2.30. The molecule has 1 saturated carbocycles. The predicted molar refractivity (Wildman–Crippen MR) is 66.3 cm³/mol. The zero-order chi connectivity index (χ0) is 12.1. The van der Waals surface area contributed by atoms with E-state index in [1.54, 1.807) is 0 Å².